The van der Waals surface area contributed by atoms with Gasteiger partial charge >= 0.3 is 17.6 Å². The van der Waals surface area contributed by atoms with Crippen LogP contribution in [-0.4, -0.2) is 15.6 Å². The number of nitrogens with zero attached hydrogens (tertiary/aromatic N) is 2. The summed E-state index contributed by atoms with van der Waals surface area (Å²) in [5.41, 5.74) is -3.97. The number of benzene rings is 3. The molecular weight excluding hydrogens is 596 g/mol. The largest absolute Gasteiger partial charge is 0.442 e. The lowest BCUT2D eigenvalue weighted by Gasteiger charge is -2.13. The Morgan fingerprint density at radius 2 is 1.50 bits per heavy atom. The van der Waals surface area contributed by atoms with Gasteiger partial charge in [0.15, 0.2) is 11.5 Å². The third kappa shape index (κ3) is 6.20. The molecule has 0 heterocycles. The van der Waals surface area contributed by atoms with Crippen LogP contribution in [0.3, 0.4) is 0 Å². The van der Waals surface area contributed by atoms with Gasteiger partial charge in [0.05, 0.1) is 20.4 Å². The highest BCUT2D eigenvalue weighted by Crippen LogP contribution is 2.47. The number of allylic oxidation sites excluding steroid dienone is 1. The van der Waals surface area contributed by atoms with Crippen molar-refractivity contribution < 1.29 is 32.5 Å². The normalized spacial score (nSPS) is 11.5. The molecule has 0 aliphatic carbocycles. The molecule has 14 heteroatoms. The van der Waals surface area contributed by atoms with Crippen LogP contribution >= 0.6 is 39.1 Å². The van der Waals surface area contributed by atoms with Crippen molar-refractivity contribution in [2.24, 2.45) is 0 Å². The minimum absolute atomic E-state index is 0.0264. The first-order valence-electron chi connectivity index (χ1n) is 9.47. The lowest BCUT2D eigenvalue weighted by Crippen LogP contribution is -2.08. The third-order valence-corrected chi connectivity index (χ3v) is 5.58. The van der Waals surface area contributed by atoms with E-state index in [0.29, 0.717) is 5.56 Å². The Labute approximate surface area is 218 Å². The summed E-state index contributed by atoms with van der Waals surface area (Å²) in [5, 5.41) is 22.8. The number of hydrogen-bond acceptors (Lipinski definition) is 6. The Morgan fingerprint density at radius 3 is 2.00 bits per heavy atom. The molecule has 0 bridgehead atoms. The third-order valence-electron chi connectivity index (χ3n) is 4.55. The van der Waals surface area contributed by atoms with Gasteiger partial charge in [-0.2, -0.15) is 13.2 Å². The monoisotopic (exact) mass is 604 g/mol. The van der Waals surface area contributed by atoms with E-state index in [0.717, 1.165) is 16.6 Å². The van der Waals surface area contributed by atoms with Crippen molar-refractivity contribution in [1.82, 2.24) is 0 Å². The second kappa shape index (κ2) is 10.6. The van der Waals surface area contributed by atoms with E-state index in [2.05, 4.69) is 15.9 Å². The van der Waals surface area contributed by atoms with Gasteiger partial charge < -0.3 is 4.74 Å². The number of ketones is 1. The molecule has 0 aliphatic rings. The summed E-state index contributed by atoms with van der Waals surface area (Å²) in [6, 6.07) is 8.95. The van der Waals surface area contributed by atoms with Crippen molar-refractivity contribution >= 4 is 62.4 Å². The van der Waals surface area contributed by atoms with Crippen LogP contribution in [0.25, 0.3) is 6.08 Å². The fraction of sp³-hybridized carbons (Fsp3) is 0.0455. The molecule has 0 radical (unpaired) electrons. The molecule has 0 atom stereocenters. The smallest absolute Gasteiger partial charge is 0.416 e. The zero-order chi connectivity index (χ0) is 26.8. The summed E-state index contributed by atoms with van der Waals surface area (Å²) < 4.78 is 45.7. The Balaban J connectivity index is 2.14. The SMILES string of the molecule is O=C(/C=C/c1cc(Cl)cc(Cl)c1Oc1c([N+](=O)[O-])cc(C(F)(F)F)cc1[N+](=O)[O-])c1ccc(Br)cc1. The maximum atomic E-state index is 13.2. The van der Waals surface area contributed by atoms with Crippen molar-refractivity contribution in [3.63, 3.8) is 0 Å². The minimum Gasteiger partial charge on any atom is -0.442 e. The Morgan fingerprint density at radius 1 is 0.944 bits per heavy atom. The van der Waals surface area contributed by atoms with Crippen LogP contribution in [-0.2, 0) is 6.18 Å². The molecule has 0 saturated heterocycles. The number of ether oxygens (including phenoxy) is 1. The molecule has 0 saturated carbocycles. The fourth-order valence-electron chi connectivity index (χ4n) is 2.93. The van der Waals surface area contributed by atoms with Gasteiger partial charge in [-0.25, -0.2) is 0 Å². The van der Waals surface area contributed by atoms with Gasteiger partial charge in [0.25, 0.3) is 5.75 Å². The van der Waals surface area contributed by atoms with E-state index >= 15 is 0 Å². The summed E-state index contributed by atoms with van der Waals surface area (Å²) in [5.74, 6) is -1.96. The van der Waals surface area contributed by atoms with Crippen molar-refractivity contribution in [3.8, 4) is 11.5 Å². The Hall–Kier alpha value is -3.48. The summed E-state index contributed by atoms with van der Waals surface area (Å²) in [6.45, 7) is 0. The van der Waals surface area contributed by atoms with Gasteiger partial charge in [0, 0.05) is 32.8 Å². The van der Waals surface area contributed by atoms with E-state index in [1.54, 1.807) is 12.1 Å². The van der Waals surface area contributed by atoms with E-state index in [9.17, 15) is 38.2 Å². The van der Waals surface area contributed by atoms with Gasteiger partial charge in [-0.1, -0.05) is 39.1 Å². The van der Waals surface area contributed by atoms with Crippen molar-refractivity contribution in [3.05, 3.63) is 106 Å². The molecule has 0 aromatic heterocycles. The second-order valence-corrected chi connectivity index (χ2v) is 8.73. The topological polar surface area (TPSA) is 113 Å². The molecule has 8 nitrogen and oxygen atoms in total. The van der Waals surface area contributed by atoms with Gasteiger partial charge in [0.1, 0.15) is 0 Å². The minimum atomic E-state index is -5.10. The fourth-order valence-corrected chi connectivity index (χ4v) is 3.74. The summed E-state index contributed by atoms with van der Waals surface area (Å²) in [4.78, 5) is 33.0. The molecule has 0 amide bonds. The Kier molecular flexibility index (Phi) is 8.02. The van der Waals surface area contributed by atoms with E-state index in [-0.39, 0.29) is 27.7 Å². The molecule has 3 aromatic carbocycles. The summed E-state index contributed by atoms with van der Waals surface area (Å²) in [6.07, 6.45) is -2.81. The van der Waals surface area contributed by atoms with Crippen LogP contribution in [0.15, 0.2) is 59.1 Å². The lowest BCUT2D eigenvalue weighted by molar-refractivity contribution is -0.396. The molecule has 3 rings (SSSR count). The lowest BCUT2D eigenvalue weighted by atomic mass is 10.1. The van der Waals surface area contributed by atoms with Gasteiger partial charge in [0.2, 0.25) is 0 Å². The predicted octanol–water partition coefficient (Wildman–Crippen LogP) is 8.28. The van der Waals surface area contributed by atoms with Gasteiger partial charge in [-0.15, -0.1) is 0 Å². The Bertz CT molecular complexity index is 1380. The van der Waals surface area contributed by atoms with Gasteiger partial charge in [-0.05, 0) is 48.6 Å². The molecule has 0 aliphatic heterocycles. The highest BCUT2D eigenvalue weighted by molar-refractivity contribution is 9.10. The summed E-state index contributed by atoms with van der Waals surface area (Å²) >= 11 is 15.4. The molecule has 186 valence electrons. The zero-order valence-corrected chi connectivity index (χ0v) is 20.5. The number of nitro groups is 2. The number of hydrogen-bond donors (Lipinski definition) is 0. The molecule has 3 aromatic rings. The number of halogens is 6. The molecule has 0 fully saturated rings. The first-order chi connectivity index (χ1) is 16.8. The van der Waals surface area contributed by atoms with E-state index in [1.807, 2.05) is 0 Å². The first kappa shape index (κ1) is 27.1. The molecule has 36 heavy (non-hydrogen) atoms. The van der Waals surface area contributed by atoms with Crippen LogP contribution in [0.2, 0.25) is 10.0 Å². The van der Waals surface area contributed by atoms with Gasteiger partial charge in [-0.3, -0.25) is 25.0 Å². The number of rotatable bonds is 7. The number of nitro benzene ring substituents is 2. The highest BCUT2D eigenvalue weighted by Gasteiger charge is 2.39. The average molecular weight is 606 g/mol. The van der Waals surface area contributed by atoms with Crippen molar-refractivity contribution in [1.29, 1.82) is 0 Å². The van der Waals surface area contributed by atoms with Crippen molar-refractivity contribution in [2.45, 2.75) is 6.18 Å². The van der Waals surface area contributed by atoms with Crippen LogP contribution in [0.1, 0.15) is 21.5 Å². The maximum absolute atomic E-state index is 13.2. The number of alkyl halides is 3. The summed E-state index contributed by atoms with van der Waals surface area (Å²) in [7, 11) is 0. The highest BCUT2D eigenvalue weighted by atomic mass is 79.9. The van der Waals surface area contributed by atoms with Crippen LogP contribution in [0.5, 0.6) is 11.5 Å². The molecule has 0 spiro atoms. The van der Waals surface area contributed by atoms with Crippen LogP contribution < -0.4 is 4.74 Å². The van der Waals surface area contributed by atoms with Crippen LogP contribution in [0, 0.1) is 20.2 Å². The first-order valence-corrected chi connectivity index (χ1v) is 11.0. The zero-order valence-electron chi connectivity index (χ0n) is 17.4. The van der Waals surface area contributed by atoms with E-state index in [1.165, 1.54) is 24.3 Å². The predicted molar refractivity (Wildman–Crippen MR) is 129 cm³/mol. The number of carbonyl (C=O) groups is 1. The average Bonchev–Trinajstić information content (AvgIpc) is 2.78. The van der Waals surface area contributed by atoms with Crippen molar-refractivity contribution in [2.75, 3.05) is 0 Å². The van der Waals surface area contributed by atoms with E-state index in [4.69, 9.17) is 27.9 Å². The number of carbonyl (C=O) groups excluding carboxylic acids is 1. The molecule has 0 unspecified atom stereocenters. The van der Waals surface area contributed by atoms with Crippen LogP contribution in [0.4, 0.5) is 24.5 Å². The molecule has 0 N–H and O–H groups in total. The standard InChI is InChI=1S/C22H10BrCl2F3N2O6/c23-14-4-1-11(2-5-14)19(31)6-3-12-7-15(24)10-16(25)20(12)36-21-17(29(32)33)8-13(22(26,27)28)9-18(21)30(34)35/h1-10H/b6-3+. The quantitative estimate of drug-likeness (QED) is 0.116. The van der Waals surface area contributed by atoms with E-state index < -0.39 is 50.2 Å². The second-order valence-electron chi connectivity index (χ2n) is 6.97. The maximum Gasteiger partial charge on any atom is 0.416 e. The molecular formula is C22H10BrCl2F3N2O6.